The Bertz CT molecular complexity index is 567. The third-order valence-corrected chi connectivity index (χ3v) is 3.51. The molecule has 0 aromatic heterocycles. The summed E-state index contributed by atoms with van der Waals surface area (Å²) >= 11 is 0. The van der Waals surface area contributed by atoms with Gasteiger partial charge in [0.1, 0.15) is 0 Å². The van der Waals surface area contributed by atoms with Crippen LogP contribution in [0, 0.1) is 12.1 Å². The molecule has 2 aromatic carbocycles. The lowest BCUT2D eigenvalue weighted by atomic mass is 9.83. The molecule has 1 heteroatoms. The van der Waals surface area contributed by atoms with Gasteiger partial charge in [-0.05, 0) is 28.8 Å². The van der Waals surface area contributed by atoms with E-state index in [1.54, 1.807) is 0 Å². The molecule has 0 bridgehead atoms. The molecule has 1 aliphatic carbocycles. The predicted molar refractivity (Wildman–Crippen MR) is 66.1 cm³/mol. The van der Waals surface area contributed by atoms with Gasteiger partial charge in [0, 0.05) is 11.0 Å². The number of nitrogens with two attached hydrogens (primary N) is 1. The summed E-state index contributed by atoms with van der Waals surface area (Å²) in [5, 5.41) is 0. The molecular weight excluding hydrogens is 194 g/mol. The Kier molecular flexibility index (Phi) is 1.63. The van der Waals surface area contributed by atoms with Gasteiger partial charge in [-0.1, -0.05) is 44.2 Å². The number of benzene rings is 1. The van der Waals surface area contributed by atoms with Crippen LogP contribution in [-0.4, -0.2) is 0 Å². The molecule has 2 N–H and O–H groups in total. The summed E-state index contributed by atoms with van der Waals surface area (Å²) in [4.78, 5) is 0. The molecule has 1 aliphatic rings. The van der Waals surface area contributed by atoms with Crippen molar-refractivity contribution in [3.8, 4) is 11.1 Å². The minimum absolute atomic E-state index is 0.0195. The number of hydrogen-bond acceptors (Lipinski definition) is 1. The molecule has 0 fully saturated rings. The molecule has 0 saturated carbocycles. The highest BCUT2D eigenvalue weighted by molar-refractivity contribution is 5.87. The van der Waals surface area contributed by atoms with Crippen LogP contribution in [0.3, 0.4) is 0 Å². The first-order chi connectivity index (χ1) is 7.62. The average Bonchev–Trinajstić information content (AvgIpc) is 2.51. The third kappa shape index (κ3) is 0.967. The minimum Gasteiger partial charge on any atom is -0.391 e. The zero-order valence-electron chi connectivity index (χ0n) is 9.46. The van der Waals surface area contributed by atoms with Crippen molar-refractivity contribution in [3.63, 3.8) is 0 Å². The molecule has 0 saturated heterocycles. The lowest BCUT2D eigenvalue weighted by Crippen LogP contribution is -2.14. The normalized spacial score (nSPS) is 15.1. The number of anilines is 1. The summed E-state index contributed by atoms with van der Waals surface area (Å²) in [7, 11) is 0. The summed E-state index contributed by atoms with van der Waals surface area (Å²) in [6.45, 7) is 4.45. The standard InChI is InChI=1S/C15H13N/c1-15(2)11-7-4-3-6-10(11)14-12(15)8-5-9-13(14)16/h3-4,6-8H,16H2,1-2H3. The number of fused-ring (bicyclic) bond motifs is 3. The van der Waals surface area contributed by atoms with Gasteiger partial charge in [-0.3, -0.25) is 0 Å². The van der Waals surface area contributed by atoms with E-state index in [0.717, 1.165) is 5.56 Å². The maximum absolute atomic E-state index is 6.02. The fourth-order valence-corrected chi connectivity index (χ4v) is 2.64. The molecule has 0 radical (unpaired) electrons. The highest BCUT2D eigenvalue weighted by atomic mass is 14.6. The van der Waals surface area contributed by atoms with Crippen LogP contribution in [0.1, 0.15) is 25.0 Å². The maximum Gasteiger partial charge on any atom is 0.0913 e. The van der Waals surface area contributed by atoms with Crippen LogP contribution in [0.15, 0.2) is 30.3 Å². The van der Waals surface area contributed by atoms with Gasteiger partial charge in [0.25, 0.3) is 0 Å². The molecule has 16 heavy (non-hydrogen) atoms. The van der Waals surface area contributed by atoms with Crippen LogP contribution in [0.4, 0.5) is 5.69 Å². The van der Waals surface area contributed by atoms with Crippen molar-refractivity contribution in [2.24, 2.45) is 0 Å². The van der Waals surface area contributed by atoms with Gasteiger partial charge >= 0.3 is 0 Å². The zero-order chi connectivity index (χ0) is 11.3. The first-order valence-corrected chi connectivity index (χ1v) is 5.44. The fourth-order valence-electron chi connectivity index (χ4n) is 2.64. The van der Waals surface area contributed by atoms with Gasteiger partial charge in [-0.2, -0.15) is 0 Å². The van der Waals surface area contributed by atoms with E-state index in [1.165, 1.54) is 16.7 Å². The minimum atomic E-state index is 0.0195. The van der Waals surface area contributed by atoms with E-state index in [0.29, 0.717) is 5.69 Å². The quantitative estimate of drug-likeness (QED) is 0.705. The molecule has 0 aliphatic heterocycles. The third-order valence-electron chi connectivity index (χ3n) is 3.51. The Labute approximate surface area is 95.9 Å². The van der Waals surface area contributed by atoms with Gasteiger partial charge in [0.2, 0.25) is 0 Å². The molecule has 0 unspecified atom stereocenters. The summed E-state index contributed by atoms with van der Waals surface area (Å²) in [5.74, 6) is 0. The molecule has 1 nitrogen and oxygen atoms in total. The van der Waals surface area contributed by atoms with E-state index in [2.05, 4.69) is 50.2 Å². The van der Waals surface area contributed by atoms with Crippen LogP contribution in [0.25, 0.3) is 11.1 Å². The first-order valence-electron chi connectivity index (χ1n) is 5.44. The van der Waals surface area contributed by atoms with Gasteiger partial charge in [-0.25, -0.2) is 0 Å². The molecule has 0 heterocycles. The Hall–Kier alpha value is -1.94. The first kappa shape index (κ1) is 9.30. The highest BCUT2D eigenvalue weighted by Crippen LogP contribution is 2.49. The van der Waals surface area contributed by atoms with Gasteiger partial charge in [0.15, 0.2) is 0 Å². The largest absolute Gasteiger partial charge is 0.391 e. The summed E-state index contributed by atoms with van der Waals surface area (Å²) < 4.78 is 0. The molecule has 78 valence electrons. The van der Waals surface area contributed by atoms with E-state index in [-0.39, 0.29) is 5.41 Å². The Morgan fingerprint density at radius 3 is 2.69 bits per heavy atom. The topological polar surface area (TPSA) is 26.0 Å². The molecular formula is C15H13N. The number of nitrogen functional groups attached to an aromatic ring is 1. The van der Waals surface area contributed by atoms with Gasteiger partial charge in [-0.15, -0.1) is 0 Å². The summed E-state index contributed by atoms with van der Waals surface area (Å²) in [6.07, 6.45) is 0. The van der Waals surface area contributed by atoms with Crippen molar-refractivity contribution in [2.45, 2.75) is 19.3 Å². The Balaban J connectivity index is 2.45. The zero-order valence-corrected chi connectivity index (χ0v) is 9.46. The smallest absolute Gasteiger partial charge is 0.0913 e. The molecule has 3 rings (SSSR count). The Morgan fingerprint density at radius 1 is 1.12 bits per heavy atom. The molecule has 0 atom stereocenters. The lowest BCUT2D eigenvalue weighted by molar-refractivity contribution is 0.660. The summed E-state index contributed by atoms with van der Waals surface area (Å²) in [6, 6.07) is 16.4. The van der Waals surface area contributed by atoms with E-state index in [9.17, 15) is 0 Å². The van der Waals surface area contributed by atoms with Crippen molar-refractivity contribution < 1.29 is 0 Å². The predicted octanol–water partition coefficient (Wildman–Crippen LogP) is 3.18. The van der Waals surface area contributed by atoms with E-state index < -0.39 is 0 Å². The van der Waals surface area contributed by atoms with Gasteiger partial charge < -0.3 is 5.73 Å². The van der Waals surface area contributed by atoms with Crippen molar-refractivity contribution >= 4 is 5.69 Å². The second-order valence-electron chi connectivity index (χ2n) is 4.79. The van der Waals surface area contributed by atoms with Crippen molar-refractivity contribution in [2.75, 3.05) is 5.73 Å². The highest BCUT2D eigenvalue weighted by Gasteiger charge is 2.35. The maximum atomic E-state index is 6.02. The van der Waals surface area contributed by atoms with E-state index >= 15 is 0 Å². The second kappa shape index (κ2) is 2.80. The van der Waals surface area contributed by atoms with Crippen molar-refractivity contribution in [1.82, 2.24) is 0 Å². The Morgan fingerprint density at radius 2 is 1.88 bits per heavy atom. The van der Waals surface area contributed by atoms with Crippen LogP contribution in [-0.2, 0) is 5.41 Å². The molecule has 0 amide bonds. The lowest BCUT2D eigenvalue weighted by Gasteiger charge is -2.20. The molecule has 0 spiro atoms. The van der Waals surface area contributed by atoms with Crippen LogP contribution in [0.2, 0.25) is 0 Å². The van der Waals surface area contributed by atoms with Crippen LogP contribution < -0.4 is 5.73 Å². The van der Waals surface area contributed by atoms with E-state index in [1.807, 2.05) is 6.07 Å². The fraction of sp³-hybridized carbons (Fsp3) is 0.200. The van der Waals surface area contributed by atoms with Crippen LogP contribution in [0.5, 0.6) is 0 Å². The van der Waals surface area contributed by atoms with Crippen molar-refractivity contribution in [3.05, 3.63) is 53.6 Å². The number of rotatable bonds is 0. The average molecular weight is 207 g/mol. The SMILES string of the molecule is CC1(C)c2ccccc2-c2c(N)c#ccc21. The van der Waals surface area contributed by atoms with Gasteiger partial charge in [0.05, 0.1) is 5.69 Å². The van der Waals surface area contributed by atoms with E-state index in [4.69, 9.17) is 5.73 Å². The molecule has 2 aromatic rings. The number of hydrogen-bond donors (Lipinski definition) is 1. The second-order valence-corrected chi connectivity index (χ2v) is 4.79. The monoisotopic (exact) mass is 207 g/mol. The van der Waals surface area contributed by atoms with Crippen molar-refractivity contribution in [1.29, 1.82) is 0 Å². The van der Waals surface area contributed by atoms with Crippen LogP contribution >= 0.6 is 0 Å². The summed E-state index contributed by atoms with van der Waals surface area (Å²) in [5.41, 5.74) is 11.7.